The van der Waals surface area contributed by atoms with Gasteiger partial charge in [0.1, 0.15) is 0 Å². The second-order valence-electron chi connectivity index (χ2n) is 2.41. The molecular weight excluding hydrogens is 176 g/mol. The summed E-state index contributed by atoms with van der Waals surface area (Å²) in [5.74, 6) is 0.708. The number of hydrogen-bond donors (Lipinski definition) is 0. The zero-order chi connectivity index (χ0) is 8.55. The molecule has 0 atom stereocenters. The van der Waals surface area contributed by atoms with E-state index in [1.54, 1.807) is 25.5 Å². The van der Waals surface area contributed by atoms with E-state index in [-0.39, 0.29) is 0 Å². The van der Waals surface area contributed by atoms with Crippen molar-refractivity contribution in [3.05, 3.63) is 29.5 Å². The first kappa shape index (κ1) is 7.50. The number of benzene rings is 1. The van der Waals surface area contributed by atoms with Gasteiger partial charge >= 0.3 is 0 Å². The fourth-order valence-electron chi connectivity index (χ4n) is 1.16. The van der Waals surface area contributed by atoms with E-state index in [9.17, 15) is 0 Å². The number of hydrogen-bond acceptors (Lipinski definition) is 2. The van der Waals surface area contributed by atoms with E-state index in [4.69, 9.17) is 20.8 Å². The highest BCUT2D eigenvalue weighted by Crippen LogP contribution is 2.31. The molecule has 0 aliphatic carbocycles. The van der Waals surface area contributed by atoms with Crippen molar-refractivity contribution in [1.29, 1.82) is 0 Å². The summed E-state index contributed by atoms with van der Waals surface area (Å²) in [7, 11) is 1.60. The summed E-state index contributed by atoms with van der Waals surface area (Å²) >= 11 is 5.91. The molecule has 2 aromatic rings. The van der Waals surface area contributed by atoms with Gasteiger partial charge < -0.3 is 9.15 Å². The first-order valence-electron chi connectivity index (χ1n) is 3.52. The van der Waals surface area contributed by atoms with Crippen LogP contribution in [0.25, 0.3) is 11.0 Å². The van der Waals surface area contributed by atoms with E-state index in [1.165, 1.54) is 0 Å². The normalized spacial score (nSPS) is 10.5. The molecule has 1 aromatic carbocycles. The summed E-state index contributed by atoms with van der Waals surface area (Å²) in [5, 5.41) is 1.57. The van der Waals surface area contributed by atoms with Crippen LogP contribution in [0.3, 0.4) is 0 Å². The molecule has 0 amide bonds. The molecule has 62 valence electrons. The largest absolute Gasteiger partial charge is 0.493 e. The number of ether oxygens (including phenoxy) is 1. The number of furan rings is 1. The molecule has 0 fully saturated rings. The van der Waals surface area contributed by atoms with Gasteiger partial charge in [0.15, 0.2) is 11.3 Å². The van der Waals surface area contributed by atoms with Gasteiger partial charge in [-0.05, 0) is 18.2 Å². The fourth-order valence-corrected chi connectivity index (χ4v) is 1.38. The van der Waals surface area contributed by atoms with Crippen LogP contribution in [0.2, 0.25) is 5.02 Å². The molecule has 2 nitrogen and oxygen atoms in total. The summed E-state index contributed by atoms with van der Waals surface area (Å²) in [6, 6.07) is 5.40. The molecular formula is C9H7ClO2. The van der Waals surface area contributed by atoms with Crippen molar-refractivity contribution in [3.8, 4) is 5.75 Å². The third-order valence-corrected chi connectivity index (χ3v) is 2.08. The summed E-state index contributed by atoms with van der Waals surface area (Å²) < 4.78 is 10.3. The smallest absolute Gasteiger partial charge is 0.177 e. The highest BCUT2D eigenvalue weighted by molar-refractivity contribution is 6.35. The Bertz CT molecular complexity index is 406. The predicted molar refractivity (Wildman–Crippen MR) is 47.8 cm³/mol. The van der Waals surface area contributed by atoms with Gasteiger partial charge in [0.25, 0.3) is 0 Å². The molecule has 0 unspecified atom stereocenters. The molecule has 3 heteroatoms. The van der Waals surface area contributed by atoms with E-state index >= 15 is 0 Å². The number of methoxy groups -OCH3 is 1. The Morgan fingerprint density at radius 1 is 1.33 bits per heavy atom. The molecule has 0 aliphatic heterocycles. The Balaban J connectivity index is 2.82. The average molecular weight is 183 g/mol. The van der Waals surface area contributed by atoms with Gasteiger partial charge in [-0.1, -0.05) is 11.6 Å². The van der Waals surface area contributed by atoms with Crippen LogP contribution in [0.1, 0.15) is 0 Å². The molecule has 2 rings (SSSR count). The fraction of sp³-hybridized carbons (Fsp3) is 0.111. The maximum atomic E-state index is 5.91. The van der Waals surface area contributed by atoms with Crippen LogP contribution in [0, 0.1) is 0 Å². The third-order valence-electron chi connectivity index (χ3n) is 1.75. The van der Waals surface area contributed by atoms with Gasteiger partial charge in [-0.3, -0.25) is 0 Å². The first-order valence-corrected chi connectivity index (χ1v) is 3.90. The van der Waals surface area contributed by atoms with Crippen molar-refractivity contribution >= 4 is 22.6 Å². The van der Waals surface area contributed by atoms with Gasteiger partial charge in [-0.2, -0.15) is 0 Å². The number of rotatable bonds is 1. The Morgan fingerprint density at radius 2 is 2.17 bits per heavy atom. The Hall–Kier alpha value is -1.15. The van der Waals surface area contributed by atoms with Crippen LogP contribution in [-0.4, -0.2) is 7.11 Å². The molecule has 12 heavy (non-hydrogen) atoms. The van der Waals surface area contributed by atoms with Gasteiger partial charge in [0.2, 0.25) is 0 Å². The molecule has 0 N–H and O–H groups in total. The molecule has 0 spiro atoms. The molecule has 0 radical (unpaired) electrons. The minimum absolute atomic E-state index is 0.680. The van der Waals surface area contributed by atoms with Gasteiger partial charge in [-0.15, -0.1) is 0 Å². The second-order valence-corrected chi connectivity index (χ2v) is 2.82. The average Bonchev–Trinajstić information content (AvgIpc) is 2.54. The van der Waals surface area contributed by atoms with Crippen LogP contribution < -0.4 is 4.74 Å². The molecule has 0 bridgehead atoms. The van der Waals surface area contributed by atoms with Crippen LogP contribution in [0.4, 0.5) is 0 Å². The van der Waals surface area contributed by atoms with Crippen LogP contribution >= 0.6 is 11.6 Å². The lowest BCUT2D eigenvalue weighted by atomic mass is 10.2. The monoisotopic (exact) mass is 182 g/mol. The zero-order valence-corrected chi connectivity index (χ0v) is 7.26. The predicted octanol–water partition coefficient (Wildman–Crippen LogP) is 3.09. The second kappa shape index (κ2) is 2.72. The lowest BCUT2D eigenvalue weighted by Crippen LogP contribution is -1.82. The highest BCUT2D eigenvalue weighted by Gasteiger charge is 2.06. The number of halogens is 1. The molecule has 0 saturated heterocycles. The van der Waals surface area contributed by atoms with E-state index in [2.05, 4.69) is 0 Å². The Morgan fingerprint density at radius 3 is 2.92 bits per heavy atom. The Kier molecular flexibility index (Phi) is 1.70. The van der Waals surface area contributed by atoms with Gasteiger partial charge in [0, 0.05) is 5.39 Å². The molecule has 0 aliphatic rings. The topological polar surface area (TPSA) is 22.4 Å². The Labute approximate surface area is 74.7 Å². The molecule has 1 heterocycles. The summed E-state index contributed by atoms with van der Waals surface area (Å²) in [6.45, 7) is 0. The quantitative estimate of drug-likeness (QED) is 0.676. The lowest BCUT2D eigenvalue weighted by molar-refractivity contribution is 0.410. The van der Waals surface area contributed by atoms with Crippen LogP contribution in [0.15, 0.2) is 28.9 Å². The molecule has 0 saturated carbocycles. The summed E-state index contributed by atoms with van der Waals surface area (Å²) in [5.41, 5.74) is 0.699. The standard InChI is InChI=1S/C9H7ClO2/c1-11-8-3-2-7(10)6-4-5-12-9(6)8/h2-5H,1H3. The number of fused-ring (bicyclic) bond motifs is 1. The van der Waals surface area contributed by atoms with Gasteiger partial charge in [-0.25, -0.2) is 0 Å². The van der Waals surface area contributed by atoms with Crippen LogP contribution in [-0.2, 0) is 0 Å². The molecule has 1 aromatic heterocycles. The minimum atomic E-state index is 0.680. The van der Waals surface area contributed by atoms with Crippen molar-refractivity contribution in [2.45, 2.75) is 0 Å². The van der Waals surface area contributed by atoms with Crippen molar-refractivity contribution in [2.75, 3.05) is 7.11 Å². The maximum absolute atomic E-state index is 5.91. The van der Waals surface area contributed by atoms with E-state index in [0.29, 0.717) is 16.4 Å². The zero-order valence-electron chi connectivity index (χ0n) is 6.50. The SMILES string of the molecule is COc1ccc(Cl)c2ccoc12. The van der Waals surface area contributed by atoms with Crippen molar-refractivity contribution in [1.82, 2.24) is 0 Å². The highest BCUT2D eigenvalue weighted by atomic mass is 35.5. The van der Waals surface area contributed by atoms with Crippen LogP contribution in [0.5, 0.6) is 5.75 Å². The van der Waals surface area contributed by atoms with Gasteiger partial charge in [0.05, 0.1) is 18.4 Å². The lowest BCUT2D eigenvalue weighted by Gasteiger charge is -2.00. The van der Waals surface area contributed by atoms with E-state index < -0.39 is 0 Å². The summed E-state index contributed by atoms with van der Waals surface area (Å²) in [6.07, 6.45) is 1.60. The van der Waals surface area contributed by atoms with E-state index in [0.717, 1.165) is 5.39 Å². The maximum Gasteiger partial charge on any atom is 0.177 e. The minimum Gasteiger partial charge on any atom is -0.493 e. The van der Waals surface area contributed by atoms with Crippen molar-refractivity contribution in [3.63, 3.8) is 0 Å². The van der Waals surface area contributed by atoms with E-state index in [1.807, 2.05) is 6.07 Å². The van der Waals surface area contributed by atoms with Crippen molar-refractivity contribution < 1.29 is 9.15 Å². The first-order chi connectivity index (χ1) is 5.83. The van der Waals surface area contributed by atoms with Crippen molar-refractivity contribution in [2.24, 2.45) is 0 Å². The summed E-state index contributed by atoms with van der Waals surface area (Å²) in [4.78, 5) is 0. The third kappa shape index (κ3) is 0.959.